The molecule has 2 aromatic heterocycles. The van der Waals surface area contributed by atoms with E-state index in [0.29, 0.717) is 5.69 Å². The van der Waals surface area contributed by atoms with Gasteiger partial charge in [0.25, 0.3) is 0 Å². The Balaban J connectivity index is 2.75. The third-order valence-electron chi connectivity index (χ3n) is 1.94. The zero-order chi connectivity index (χ0) is 9.42. The maximum atomic E-state index is 13.1. The molecule has 68 valence electrons. The van der Waals surface area contributed by atoms with E-state index < -0.39 is 6.10 Å². The van der Waals surface area contributed by atoms with Gasteiger partial charge in [-0.3, -0.25) is 4.40 Å². The van der Waals surface area contributed by atoms with Gasteiger partial charge in [-0.25, -0.2) is 9.37 Å². The summed E-state index contributed by atoms with van der Waals surface area (Å²) in [6.07, 6.45) is 2.51. The molecular formula is C9H9FN2O. The molecule has 3 nitrogen and oxygen atoms in total. The quantitative estimate of drug-likeness (QED) is 0.722. The van der Waals surface area contributed by atoms with Crippen LogP contribution in [-0.2, 0) is 0 Å². The number of pyridine rings is 1. The van der Waals surface area contributed by atoms with Crippen LogP contribution in [0.15, 0.2) is 24.5 Å². The Bertz CT molecular complexity index is 436. The van der Waals surface area contributed by atoms with Crippen LogP contribution in [0.3, 0.4) is 0 Å². The number of nitrogens with zero attached hydrogens (tertiary/aromatic N) is 2. The van der Waals surface area contributed by atoms with Gasteiger partial charge in [-0.1, -0.05) is 0 Å². The third-order valence-corrected chi connectivity index (χ3v) is 1.94. The van der Waals surface area contributed by atoms with Crippen molar-refractivity contribution in [2.24, 2.45) is 0 Å². The molecule has 0 radical (unpaired) electrons. The molecule has 0 aliphatic heterocycles. The van der Waals surface area contributed by atoms with Crippen LogP contribution in [0.25, 0.3) is 5.65 Å². The van der Waals surface area contributed by atoms with E-state index in [4.69, 9.17) is 0 Å². The van der Waals surface area contributed by atoms with Crippen molar-refractivity contribution in [1.29, 1.82) is 0 Å². The van der Waals surface area contributed by atoms with Gasteiger partial charge in [-0.15, -0.1) is 0 Å². The van der Waals surface area contributed by atoms with Gasteiger partial charge in [0, 0.05) is 6.20 Å². The second kappa shape index (κ2) is 2.81. The van der Waals surface area contributed by atoms with Crippen LogP contribution in [0.1, 0.15) is 18.7 Å². The maximum Gasteiger partial charge on any atom is 0.173 e. The van der Waals surface area contributed by atoms with Gasteiger partial charge in [0.15, 0.2) is 11.5 Å². The molecule has 0 saturated heterocycles. The Morgan fingerprint density at radius 1 is 1.62 bits per heavy atom. The van der Waals surface area contributed by atoms with Gasteiger partial charge in [0.1, 0.15) is 0 Å². The zero-order valence-electron chi connectivity index (χ0n) is 7.11. The lowest BCUT2D eigenvalue weighted by molar-refractivity contribution is 0.193. The first-order chi connectivity index (χ1) is 6.20. The van der Waals surface area contributed by atoms with Crippen molar-refractivity contribution in [3.63, 3.8) is 0 Å². The molecule has 1 atom stereocenters. The molecule has 1 N–H and O–H groups in total. The Kier molecular flexibility index (Phi) is 1.77. The summed E-state index contributed by atoms with van der Waals surface area (Å²) in [5.41, 5.74) is 0.841. The normalized spacial score (nSPS) is 13.5. The molecule has 4 heteroatoms. The van der Waals surface area contributed by atoms with Crippen LogP contribution in [0, 0.1) is 5.82 Å². The molecule has 2 aromatic rings. The molecule has 2 rings (SSSR count). The SMILES string of the molecule is CC(O)c1cnc2c(F)cccn12. The fourth-order valence-electron chi connectivity index (χ4n) is 1.30. The van der Waals surface area contributed by atoms with Crippen LogP contribution in [-0.4, -0.2) is 14.5 Å². The summed E-state index contributed by atoms with van der Waals surface area (Å²) in [4.78, 5) is 3.87. The largest absolute Gasteiger partial charge is 0.387 e. The number of hydrogen-bond acceptors (Lipinski definition) is 2. The monoisotopic (exact) mass is 180 g/mol. The van der Waals surface area contributed by atoms with E-state index >= 15 is 0 Å². The molecule has 1 unspecified atom stereocenters. The summed E-state index contributed by atoms with van der Waals surface area (Å²) in [6.45, 7) is 1.62. The van der Waals surface area contributed by atoms with Gasteiger partial charge in [0.05, 0.1) is 18.0 Å². The first-order valence-corrected chi connectivity index (χ1v) is 3.99. The van der Waals surface area contributed by atoms with Crippen molar-refractivity contribution < 1.29 is 9.50 Å². The van der Waals surface area contributed by atoms with Crippen molar-refractivity contribution in [3.05, 3.63) is 36.0 Å². The summed E-state index contributed by atoms with van der Waals surface area (Å²) in [6, 6.07) is 2.92. The van der Waals surface area contributed by atoms with Crippen molar-refractivity contribution in [2.75, 3.05) is 0 Å². The average molecular weight is 180 g/mol. The second-order valence-corrected chi connectivity index (χ2v) is 2.91. The van der Waals surface area contributed by atoms with Gasteiger partial charge in [0.2, 0.25) is 0 Å². The van der Waals surface area contributed by atoms with E-state index in [0.717, 1.165) is 0 Å². The molecule has 0 aliphatic rings. The van der Waals surface area contributed by atoms with E-state index in [-0.39, 0.29) is 11.5 Å². The Hall–Kier alpha value is -1.42. The van der Waals surface area contributed by atoms with Gasteiger partial charge < -0.3 is 5.11 Å². The molecule has 0 fully saturated rings. The number of fused-ring (bicyclic) bond motifs is 1. The molecule has 0 aromatic carbocycles. The standard InChI is InChI=1S/C9H9FN2O/c1-6(13)8-5-11-9-7(10)3-2-4-12(8)9/h2-6,13H,1H3. The molecule has 0 spiro atoms. The molecule has 2 heterocycles. The molecule has 0 amide bonds. The molecule has 0 saturated carbocycles. The molecule has 0 aliphatic carbocycles. The van der Waals surface area contributed by atoms with Crippen LogP contribution < -0.4 is 0 Å². The van der Waals surface area contributed by atoms with Crippen LogP contribution in [0.5, 0.6) is 0 Å². The number of hydrogen-bond donors (Lipinski definition) is 1. The van der Waals surface area contributed by atoms with E-state index in [1.807, 2.05) is 0 Å². The zero-order valence-corrected chi connectivity index (χ0v) is 7.11. The highest BCUT2D eigenvalue weighted by atomic mass is 19.1. The highest BCUT2D eigenvalue weighted by Gasteiger charge is 2.09. The van der Waals surface area contributed by atoms with Gasteiger partial charge in [-0.2, -0.15) is 0 Å². The van der Waals surface area contributed by atoms with Crippen molar-refractivity contribution >= 4 is 5.65 Å². The first-order valence-electron chi connectivity index (χ1n) is 3.99. The molecular weight excluding hydrogens is 171 g/mol. The van der Waals surface area contributed by atoms with Crippen molar-refractivity contribution in [3.8, 4) is 0 Å². The number of halogens is 1. The smallest absolute Gasteiger partial charge is 0.173 e. The fraction of sp³-hybridized carbons (Fsp3) is 0.222. The first kappa shape index (κ1) is 8.19. The summed E-state index contributed by atoms with van der Waals surface area (Å²) in [5.74, 6) is -0.380. The number of aliphatic hydroxyl groups is 1. The molecule has 13 heavy (non-hydrogen) atoms. The number of imidazole rings is 1. The predicted octanol–water partition coefficient (Wildman–Crippen LogP) is 1.53. The summed E-state index contributed by atoms with van der Waals surface area (Å²) in [5, 5.41) is 9.32. The summed E-state index contributed by atoms with van der Waals surface area (Å²) < 4.78 is 14.6. The van der Waals surface area contributed by atoms with Gasteiger partial charge >= 0.3 is 0 Å². The van der Waals surface area contributed by atoms with Crippen LogP contribution >= 0.6 is 0 Å². The lowest BCUT2D eigenvalue weighted by Gasteiger charge is -2.03. The van der Waals surface area contributed by atoms with Crippen LogP contribution in [0.2, 0.25) is 0 Å². The second-order valence-electron chi connectivity index (χ2n) is 2.91. The number of rotatable bonds is 1. The van der Waals surface area contributed by atoms with Gasteiger partial charge in [-0.05, 0) is 19.1 Å². The third kappa shape index (κ3) is 1.19. The van der Waals surface area contributed by atoms with Crippen LogP contribution in [0.4, 0.5) is 4.39 Å². The lowest BCUT2D eigenvalue weighted by atomic mass is 10.3. The summed E-state index contributed by atoms with van der Waals surface area (Å²) >= 11 is 0. The highest BCUT2D eigenvalue weighted by Crippen LogP contribution is 2.15. The van der Waals surface area contributed by atoms with E-state index in [1.54, 1.807) is 23.6 Å². The fourth-order valence-corrected chi connectivity index (χ4v) is 1.30. The van der Waals surface area contributed by atoms with E-state index in [2.05, 4.69) is 4.98 Å². The van der Waals surface area contributed by atoms with Crippen molar-refractivity contribution in [2.45, 2.75) is 13.0 Å². The number of aromatic nitrogens is 2. The summed E-state index contributed by atoms with van der Waals surface area (Å²) in [7, 11) is 0. The Labute approximate surface area is 74.5 Å². The molecule has 0 bridgehead atoms. The average Bonchev–Trinajstić information content (AvgIpc) is 2.48. The Morgan fingerprint density at radius 3 is 3.08 bits per heavy atom. The highest BCUT2D eigenvalue weighted by molar-refractivity contribution is 5.42. The van der Waals surface area contributed by atoms with E-state index in [1.165, 1.54) is 12.3 Å². The Morgan fingerprint density at radius 2 is 2.38 bits per heavy atom. The topological polar surface area (TPSA) is 37.5 Å². The predicted molar refractivity (Wildman–Crippen MR) is 45.8 cm³/mol. The number of aliphatic hydroxyl groups excluding tert-OH is 1. The minimum absolute atomic E-state index is 0.249. The van der Waals surface area contributed by atoms with Crippen molar-refractivity contribution in [1.82, 2.24) is 9.38 Å². The lowest BCUT2D eigenvalue weighted by Crippen LogP contribution is -1.97. The van der Waals surface area contributed by atoms with E-state index in [9.17, 15) is 9.50 Å². The maximum absolute atomic E-state index is 13.1. The minimum atomic E-state index is -0.642. The minimum Gasteiger partial charge on any atom is -0.387 e.